The summed E-state index contributed by atoms with van der Waals surface area (Å²) in [6.07, 6.45) is 4.04. The van der Waals surface area contributed by atoms with Crippen molar-refractivity contribution in [1.82, 2.24) is 9.97 Å². The van der Waals surface area contributed by atoms with Crippen LogP contribution in [0.25, 0.3) is 0 Å². The minimum Gasteiger partial charge on any atom is -0.476 e. The Morgan fingerprint density at radius 1 is 1.18 bits per heavy atom. The van der Waals surface area contributed by atoms with E-state index in [1.54, 1.807) is 12.4 Å². The van der Waals surface area contributed by atoms with Gasteiger partial charge in [0.1, 0.15) is 0 Å². The summed E-state index contributed by atoms with van der Waals surface area (Å²) >= 11 is 0. The molecule has 0 aliphatic carbocycles. The van der Waals surface area contributed by atoms with Gasteiger partial charge in [-0.2, -0.15) is 0 Å². The topological polar surface area (TPSA) is 61.0 Å². The van der Waals surface area contributed by atoms with Crippen molar-refractivity contribution >= 4 is 5.69 Å². The lowest BCUT2D eigenvalue weighted by molar-refractivity contribution is 0.305. The quantitative estimate of drug-likeness (QED) is 0.814. The van der Waals surface area contributed by atoms with Crippen molar-refractivity contribution in [3.05, 3.63) is 47.9 Å². The number of benzene rings is 1. The number of para-hydroxylation sites is 1. The predicted octanol–water partition coefficient (Wildman–Crippen LogP) is 1.99. The number of aryl methyl sites for hydroxylation is 1. The summed E-state index contributed by atoms with van der Waals surface area (Å²) in [6.45, 7) is 2.42. The maximum atomic E-state index is 5.85. The van der Waals surface area contributed by atoms with Gasteiger partial charge in [-0.3, -0.25) is 4.98 Å². The fourth-order valence-corrected chi connectivity index (χ4v) is 1.56. The van der Waals surface area contributed by atoms with Gasteiger partial charge in [0.25, 0.3) is 0 Å². The van der Waals surface area contributed by atoms with E-state index in [2.05, 4.69) is 9.97 Å². The van der Waals surface area contributed by atoms with Gasteiger partial charge in [-0.1, -0.05) is 18.2 Å². The molecule has 0 amide bonds. The number of nitrogens with two attached hydrogens (primary N) is 1. The summed E-state index contributed by atoms with van der Waals surface area (Å²) in [5.41, 5.74) is 8.54. The molecule has 1 heterocycles. The van der Waals surface area contributed by atoms with Crippen LogP contribution in [0, 0.1) is 6.92 Å². The van der Waals surface area contributed by atoms with Crippen LogP contribution < -0.4 is 10.5 Å². The van der Waals surface area contributed by atoms with Crippen molar-refractivity contribution in [2.75, 3.05) is 12.3 Å². The van der Waals surface area contributed by atoms with Crippen LogP contribution in [0.2, 0.25) is 0 Å². The Labute approximate surface area is 100 Å². The summed E-state index contributed by atoms with van der Waals surface area (Å²) < 4.78 is 5.57. The molecule has 2 N–H and O–H groups in total. The van der Waals surface area contributed by atoms with Gasteiger partial charge in [-0.25, -0.2) is 4.98 Å². The van der Waals surface area contributed by atoms with E-state index in [0.717, 1.165) is 23.4 Å². The van der Waals surface area contributed by atoms with E-state index >= 15 is 0 Å². The average molecular weight is 229 g/mol. The standard InChI is InChI=1S/C13H15N3O/c1-10-13(16-8-7-15-10)17-9-6-11-4-2-3-5-12(11)14/h2-5,7-8H,6,9,14H2,1H3. The minimum absolute atomic E-state index is 0.549. The molecule has 2 rings (SSSR count). The van der Waals surface area contributed by atoms with Crippen molar-refractivity contribution in [2.45, 2.75) is 13.3 Å². The highest BCUT2D eigenvalue weighted by Crippen LogP contribution is 2.13. The molecule has 88 valence electrons. The number of ether oxygens (including phenoxy) is 1. The molecule has 0 atom stereocenters. The number of rotatable bonds is 4. The van der Waals surface area contributed by atoms with Crippen LogP contribution in [0.1, 0.15) is 11.3 Å². The first kappa shape index (κ1) is 11.4. The molecule has 4 heteroatoms. The number of nitrogens with zero attached hydrogens (tertiary/aromatic N) is 2. The maximum absolute atomic E-state index is 5.85. The van der Waals surface area contributed by atoms with Crippen LogP contribution in [0.5, 0.6) is 5.88 Å². The van der Waals surface area contributed by atoms with Crippen molar-refractivity contribution in [3.8, 4) is 5.88 Å². The van der Waals surface area contributed by atoms with E-state index in [0.29, 0.717) is 12.5 Å². The fraction of sp³-hybridized carbons (Fsp3) is 0.231. The first-order valence-corrected chi connectivity index (χ1v) is 5.51. The van der Waals surface area contributed by atoms with Gasteiger partial charge in [0, 0.05) is 24.5 Å². The number of hydrogen-bond acceptors (Lipinski definition) is 4. The van der Waals surface area contributed by atoms with E-state index in [-0.39, 0.29) is 0 Å². The van der Waals surface area contributed by atoms with E-state index in [1.807, 2.05) is 31.2 Å². The molecule has 0 spiro atoms. The van der Waals surface area contributed by atoms with Gasteiger partial charge in [0.05, 0.1) is 12.3 Å². The Morgan fingerprint density at radius 3 is 2.71 bits per heavy atom. The molecule has 1 aromatic heterocycles. The first-order chi connectivity index (χ1) is 8.27. The third-order valence-electron chi connectivity index (χ3n) is 2.50. The lowest BCUT2D eigenvalue weighted by Crippen LogP contribution is -2.06. The van der Waals surface area contributed by atoms with Gasteiger partial charge in [0.2, 0.25) is 5.88 Å². The Bertz CT molecular complexity index is 454. The summed E-state index contributed by atoms with van der Waals surface area (Å²) in [5, 5.41) is 0. The molecule has 0 aliphatic heterocycles. The van der Waals surface area contributed by atoms with Crippen LogP contribution in [0.3, 0.4) is 0 Å². The van der Waals surface area contributed by atoms with Crippen molar-refractivity contribution in [1.29, 1.82) is 0 Å². The summed E-state index contributed by atoms with van der Waals surface area (Å²) in [4.78, 5) is 8.23. The Morgan fingerprint density at radius 2 is 1.94 bits per heavy atom. The van der Waals surface area contributed by atoms with Crippen molar-refractivity contribution in [3.63, 3.8) is 0 Å². The third kappa shape index (κ3) is 2.93. The second-order valence-corrected chi connectivity index (χ2v) is 3.74. The predicted molar refractivity (Wildman–Crippen MR) is 66.8 cm³/mol. The van der Waals surface area contributed by atoms with E-state index in [4.69, 9.17) is 10.5 Å². The average Bonchev–Trinajstić information content (AvgIpc) is 2.34. The van der Waals surface area contributed by atoms with Gasteiger partial charge in [0.15, 0.2) is 0 Å². The van der Waals surface area contributed by atoms with Gasteiger partial charge < -0.3 is 10.5 Å². The molecule has 4 nitrogen and oxygen atoms in total. The molecular weight excluding hydrogens is 214 g/mol. The van der Waals surface area contributed by atoms with Gasteiger partial charge in [-0.05, 0) is 18.6 Å². The smallest absolute Gasteiger partial charge is 0.235 e. The van der Waals surface area contributed by atoms with Crippen LogP contribution in [-0.2, 0) is 6.42 Å². The highest BCUT2D eigenvalue weighted by molar-refractivity contribution is 5.46. The van der Waals surface area contributed by atoms with Crippen LogP contribution >= 0.6 is 0 Å². The number of aromatic nitrogens is 2. The van der Waals surface area contributed by atoms with Gasteiger partial charge in [-0.15, -0.1) is 0 Å². The maximum Gasteiger partial charge on any atom is 0.235 e. The zero-order valence-electron chi connectivity index (χ0n) is 9.76. The fourth-order valence-electron chi connectivity index (χ4n) is 1.56. The highest BCUT2D eigenvalue weighted by Gasteiger charge is 2.02. The molecule has 0 aliphatic rings. The number of nitrogen functional groups attached to an aromatic ring is 1. The summed E-state index contributed by atoms with van der Waals surface area (Å²) in [6, 6.07) is 7.79. The zero-order chi connectivity index (χ0) is 12.1. The number of anilines is 1. The van der Waals surface area contributed by atoms with Crippen LogP contribution in [0.15, 0.2) is 36.7 Å². The van der Waals surface area contributed by atoms with Crippen molar-refractivity contribution < 1.29 is 4.74 Å². The minimum atomic E-state index is 0.549. The molecule has 0 bridgehead atoms. The van der Waals surface area contributed by atoms with E-state index in [1.165, 1.54) is 0 Å². The van der Waals surface area contributed by atoms with Gasteiger partial charge >= 0.3 is 0 Å². The lowest BCUT2D eigenvalue weighted by atomic mass is 10.1. The third-order valence-corrected chi connectivity index (χ3v) is 2.50. The summed E-state index contributed by atoms with van der Waals surface area (Å²) in [7, 11) is 0. The molecule has 0 fully saturated rings. The molecule has 2 aromatic rings. The normalized spacial score (nSPS) is 10.2. The largest absolute Gasteiger partial charge is 0.476 e. The Kier molecular flexibility index (Phi) is 3.55. The zero-order valence-corrected chi connectivity index (χ0v) is 9.76. The lowest BCUT2D eigenvalue weighted by Gasteiger charge is -2.08. The molecule has 0 unspecified atom stereocenters. The van der Waals surface area contributed by atoms with E-state index < -0.39 is 0 Å². The molecule has 0 saturated carbocycles. The molecule has 17 heavy (non-hydrogen) atoms. The second kappa shape index (κ2) is 5.30. The Balaban J connectivity index is 1.93. The SMILES string of the molecule is Cc1nccnc1OCCc1ccccc1N. The van der Waals surface area contributed by atoms with Crippen LogP contribution in [-0.4, -0.2) is 16.6 Å². The Hall–Kier alpha value is -2.10. The molecular formula is C13H15N3O. The second-order valence-electron chi connectivity index (χ2n) is 3.74. The van der Waals surface area contributed by atoms with Crippen molar-refractivity contribution in [2.24, 2.45) is 0 Å². The van der Waals surface area contributed by atoms with E-state index in [9.17, 15) is 0 Å². The van der Waals surface area contributed by atoms with Crippen LogP contribution in [0.4, 0.5) is 5.69 Å². The molecule has 1 aromatic carbocycles. The number of hydrogen-bond donors (Lipinski definition) is 1. The monoisotopic (exact) mass is 229 g/mol. The molecule has 0 radical (unpaired) electrons. The highest BCUT2D eigenvalue weighted by atomic mass is 16.5. The first-order valence-electron chi connectivity index (χ1n) is 5.51. The summed E-state index contributed by atoms with van der Waals surface area (Å²) in [5.74, 6) is 0.585. The molecule has 0 saturated heterocycles.